The summed E-state index contributed by atoms with van der Waals surface area (Å²) in [6, 6.07) is 14.1. The van der Waals surface area contributed by atoms with Crippen LogP contribution < -0.4 is 5.73 Å². The zero-order valence-corrected chi connectivity index (χ0v) is 10.9. The average Bonchev–Trinajstić information content (AvgIpc) is 2.48. The van der Waals surface area contributed by atoms with Crippen molar-refractivity contribution in [3.05, 3.63) is 77.4 Å². The topological polar surface area (TPSA) is 43.1 Å². The van der Waals surface area contributed by atoms with Crippen molar-refractivity contribution in [1.82, 2.24) is 0 Å². The van der Waals surface area contributed by atoms with Gasteiger partial charge in [0.25, 0.3) is 0 Å². The van der Waals surface area contributed by atoms with Gasteiger partial charge in [-0.15, -0.1) is 0 Å². The Bertz CT molecular complexity index is 859. The van der Waals surface area contributed by atoms with Crippen LogP contribution in [0.25, 0.3) is 10.8 Å². The van der Waals surface area contributed by atoms with Crippen molar-refractivity contribution in [2.24, 2.45) is 0 Å². The average molecular weight is 283 g/mol. The first-order chi connectivity index (χ1) is 10.1. The lowest BCUT2D eigenvalue weighted by atomic mass is 9.98. The Kier molecular flexibility index (Phi) is 3.14. The fourth-order valence-electron chi connectivity index (χ4n) is 2.28. The third-order valence-corrected chi connectivity index (χ3v) is 3.36. The molecule has 3 rings (SSSR count). The summed E-state index contributed by atoms with van der Waals surface area (Å²) in [5.74, 6) is -2.84. The number of hydrogen-bond acceptors (Lipinski definition) is 2. The Balaban J connectivity index is 2.17. The van der Waals surface area contributed by atoms with E-state index in [4.69, 9.17) is 5.73 Å². The van der Waals surface area contributed by atoms with Gasteiger partial charge in [-0.3, -0.25) is 4.79 Å². The number of anilines is 1. The van der Waals surface area contributed by atoms with Gasteiger partial charge in [0.15, 0.2) is 17.4 Å². The highest BCUT2D eigenvalue weighted by Crippen LogP contribution is 2.25. The zero-order valence-electron chi connectivity index (χ0n) is 10.9. The molecule has 4 heteroatoms. The van der Waals surface area contributed by atoms with Crippen LogP contribution in [0.5, 0.6) is 0 Å². The van der Waals surface area contributed by atoms with E-state index in [-0.39, 0.29) is 16.8 Å². The molecule has 2 N–H and O–H groups in total. The number of hydrogen-bond donors (Lipinski definition) is 1. The number of rotatable bonds is 2. The van der Waals surface area contributed by atoms with Gasteiger partial charge in [-0.25, -0.2) is 8.78 Å². The second-order valence-corrected chi connectivity index (χ2v) is 4.72. The summed E-state index contributed by atoms with van der Waals surface area (Å²) in [5, 5.41) is 1.69. The molecule has 0 saturated carbocycles. The lowest BCUT2D eigenvalue weighted by Crippen LogP contribution is -2.08. The Morgan fingerprint density at radius 1 is 0.857 bits per heavy atom. The van der Waals surface area contributed by atoms with Crippen LogP contribution in [0.15, 0.2) is 54.6 Å². The normalized spacial score (nSPS) is 10.8. The Labute approximate surface area is 119 Å². The molecule has 0 amide bonds. The molecular formula is C17H11F2NO. The van der Waals surface area contributed by atoms with Crippen LogP contribution >= 0.6 is 0 Å². The zero-order chi connectivity index (χ0) is 15.0. The van der Waals surface area contributed by atoms with Crippen molar-refractivity contribution in [2.75, 3.05) is 5.73 Å². The second kappa shape index (κ2) is 4.98. The quantitative estimate of drug-likeness (QED) is 0.572. The molecule has 3 aromatic carbocycles. The van der Waals surface area contributed by atoms with Crippen LogP contribution in [-0.2, 0) is 0 Å². The SMILES string of the molecule is Nc1cc2ccccc2cc1C(=O)c1cccc(F)c1F. The van der Waals surface area contributed by atoms with Crippen LogP contribution in [0.4, 0.5) is 14.5 Å². The Morgan fingerprint density at radius 2 is 1.52 bits per heavy atom. The summed E-state index contributed by atoms with van der Waals surface area (Å²) >= 11 is 0. The lowest BCUT2D eigenvalue weighted by Gasteiger charge is -2.08. The highest BCUT2D eigenvalue weighted by Gasteiger charge is 2.19. The van der Waals surface area contributed by atoms with Crippen molar-refractivity contribution < 1.29 is 13.6 Å². The maximum absolute atomic E-state index is 13.7. The number of carbonyl (C=O) groups is 1. The Hall–Kier alpha value is -2.75. The minimum Gasteiger partial charge on any atom is -0.398 e. The number of nitrogen functional groups attached to an aromatic ring is 1. The molecule has 0 unspecified atom stereocenters. The molecule has 0 atom stereocenters. The molecular weight excluding hydrogens is 272 g/mol. The first-order valence-corrected chi connectivity index (χ1v) is 6.35. The molecule has 0 fully saturated rings. The highest BCUT2D eigenvalue weighted by atomic mass is 19.2. The van der Waals surface area contributed by atoms with Crippen LogP contribution in [0.2, 0.25) is 0 Å². The molecule has 104 valence electrons. The van der Waals surface area contributed by atoms with Gasteiger partial charge in [-0.1, -0.05) is 30.3 Å². The van der Waals surface area contributed by atoms with Crippen LogP contribution in [0.3, 0.4) is 0 Å². The predicted octanol–water partition coefficient (Wildman–Crippen LogP) is 3.93. The van der Waals surface area contributed by atoms with E-state index in [9.17, 15) is 13.6 Å². The predicted molar refractivity (Wildman–Crippen MR) is 78.2 cm³/mol. The van der Waals surface area contributed by atoms with Crippen molar-refractivity contribution in [3.63, 3.8) is 0 Å². The molecule has 0 saturated heterocycles. The van der Waals surface area contributed by atoms with Gasteiger partial charge in [0.05, 0.1) is 5.56 Å². The lowest BCUT2D eigenvalue weighted by molar-refractivity contribution is 0.103. The summed E-state index contributed by atoms with van der Waals surface area (Å²) in [6.07, 6.45) is 0. The van der Waals surface area contributed by atoms with Gasteiger partial charge in [0.2, 0.25) is 0 Å². The third kappa shape index (κ3) is 2.25. The third-order valence-electron chi connectivity index (χ3n) is 3.36. The number of benzene rings is 3. The van der Waals surface area contributed by atoms with Crippen molar-refractivity contribution >= 4 is 22.2 Å². The maximum atomic E-state index is 13.7. The Morgan fingerprint density at radius 3 is 2.24 bits per heavy atom. The van der Waals surface area contributed by atoms with E-state index in [1.54, 1.807) is 12.1 Å². The highest BCUT2D eigenvalue weighted by molar-refractivity contribution is 6.14. The fraction of sp³-hybridized carbons (Fsp3) is 0. The van der Waals surface area contributed by atoms with E-state index in [0.717, 1.165) is 16.8 Å². The van der Waals surface area contributed by atoms with Crippen molar-refractivity contribution in [3.8, 4) is 0 Å². The number of halogens is 2. The van der Waals surface area contributed by atoms with Gasteiger partial charge in [0.1, 0.15) is 0 Å². The van der Waals surface area contributed by atoms with Crippen LogP contribution in [-0.4, -0.2) is 5.78 Å². The van der Waals surface area contributed by atoms with Crippen molar-refractivity contribution in [1.29, 1.82) is 0 Å². The minimum atomic E-state index is -1.16. The summed E-state index contributed by atoms with van der Waals surface area (Å²) in [4.78, 5) is 12.4. The molecule has 0 aliphatic rings. The number of carbonyl (C=O) groups excluding carboxylic acids is 1. The van der Waals surface area contributed by atoms with Gasteiger partial charge in [-0.2, -0.15) is 0 Å². The largest absolute Gasteiger partial charge is 0.398 e. The molecule has 3 aromatic rings. The number of fused-ring (bicyclic) bond motifs is 1. The van der Waals surface area contributed by atoms with Gasteiger partial charge < -0.3 is 5.73 Å². The van der Waals surface area contributed by atoms with Crippen LogP contribution in [0.1, 0.15) is 15.9 Å². The van der Waals surface area contributed by atoms with Gasteiger partial charge in [-0.05, 0) is 35.0 Å². The molecule has 2 nitrogen and oxygen atoms in total. The molecule has 0 spiro atoms. The molecule has 0 aromatic heterocycles. The van der Waals surface area contributed by atoms with E-state index in [0.29, 0.717) is 0 Å². The monoisotopic (exact) mass is 283 g/mol. The molecule has 0 radical (unpaired) electrons. The summed E-state index contributed by atoms with van der Waals surface area (Å²) in [5.41, 5.74) is 5.96. The molecule has 0 heterocycles. The van der Waals surface area contributed by atoms with E-state index < -0.39 is 17.4 Å². The van der Waals surface area contributed by atoms with E-state index in [2.05, 4.69) is 0 Å². The first kappa shape index (κ1) is 13.2. The van der Waals surface area contributed by atoms with E-state index >= 15 is 0 Å². The summed E-state index contributed by atoms with van der Waals surface area (Å²) in [7, 11) is 0. The fourth-order valence-corrected chi connectivity index (χ4v) is 2.28. The van der Waals surface area contributed by atoms with Crippen molar-refractivity contribution in [2.45, 2.75) is 0 Å². The van der Waals surface area contributed by atoms with E-state index in [1.165, 1.54) is 12.1 Å². The van der Waals surface area contributed by atoms with Gasteiger partial charge in [0, 0.05) is 11.3 Å². The smallest absolute Gasteiger partial charge is 0.198 e. The van der Waals surface area contributed by atoms with Crippen LogP contribution in [0, 0.1) is 11.6 Å². The summed E-state index contributed by atoms with van der Waals surface area (Å²) < 4.78 is 27.0. The molecule has 0 bridgehead atoms. The first-order valence-electron chi connectivity index (χ1n) is 6.35. The number of nitrogens with two attached hydrogens (primary N) is 1. The number of ketones is 1. The molecule has 0 aliphatic carbocycles. The molecule has 0 aliphatic heterocycles. The summed E-state index contributed by atoms with van der Waals surface area (Å²) in [6.45, 7) is 0. The van der Waals surface area contributed by atoms with E-state index in [1.807, 2.05) is 24.3 Å². The molecule has 21 heavy (non-hydrogen) atoms. The minimum absolute atomic E-state index is 0.165. The maximum Gasteiger partial charge on any atom is 0.198 e. The van der Waals surface area contributed by atoms with Gasteiger partial charge >= 0.3 is 0 Å². The second-order valence-electron chi connectivity index (χ2n) is 4.72. The standard InChI is InChI=1S/C17H11F2NO/c18-14-7-3-6-12(16(14)19)17(21)13-8-10-4-1-2-5-11(10)9-15(13)20/h1-9H,20H2.